The number of methoxy groups -OCH3 is 1. The van der Waals surface area contributed by atoms with Crippen LogP contribution in [0.4, 0.5) is 0 Å². The predicted molar refractivity (Wildman–Crippen MR) is 51.5 cm³/mol. The van der Waals surface area contributed by atoms with Crippen LogP contribution in [0.25, 0.3) is 0 Å². The van der Waals surface area contributed by atoms with Crippen LogP contribution in [0.5, 0.6) is 0 Å². The van der Waals surface area contributed by atoms with Crippen LogP contribution in [-0.2, 0) is 17.8 Å². The van der Waals surface area contributed by atoms with Crippen LogP contribution in [0.15, 0.2) is 12.3 Å². The van der Waals surface area contributed by atoms with E-state index in [1.54, 1.807) is 7.11 Å². The molecule has 0 unspecified atom stereocenters. The van der Waals surface area contributed by atoms with Crippen molar-refractivity contribution in [2.24, 2.45) is 0 Å². The van der Waals surface area contributed by atoms with Crippen molar-refractivity contribution in [1.29, 1.82) is 0 Å². The van der Waals surface area contributed by atoms with E-state index < -0.39 is 0 Å². The van der Waals surface area contributed by atoms with Gasteiger partial charge in [0.2, 0.25) is 0 Å². The average Bonchev–Trinajstić information content (AvgIpc) is 2.60. The van der Waals surface area contributed by atoms with Gasteiger partial charge in [-0.2, -0.15) is 5.10 Å². The number of hydrogen-bond donors (Lipinski definition) is 1. The molecule has 4 nitrogen and oxygen atoms in total. The molecule has 1 aromatic heterocycles. The van der Waals surface area contributed by atoms with Gasteiger partial charge in [-0.25, -0.2) is 0 Å². The summed E-state index contributed by atoms with van der Waals surface area (Å²) in [4.78, 5) is 0. The normalized spacial score (nSPS) is 10.6. The van der Waals surface area contributed by atoms with E-state index in [1.165, 1.54) is 0 Å². The summed E-state index contributed by atoms with van der Waals surface area (Å²) in [6.45, 7) is 5.44. The van der Waals surface area contributed by atoms with Crippen molar-refractivity contribution in [3.63, 3.8) is 0 Å². The lowest BCUT2D eigenvalue weighted by Gasteiger charge is -2.00. The Morgan fingerprint density at radius 3 is 3.08 bits per heavy atom. The zero-order chi connectivity index (χ0) is 9.52. The number of ether oxygens (including phenoxy) is 1. The van der Waals surface area contributed by atoms with Gasteiger partial charge in [-0.05, 0) is 13.0 Å². The third-order valence-electron chi connectivity index (χ3n) is 1.81. The Kier molecular flexibility index (Phi) is 4.49. The number of nitrogens with one attached hydrogen (secondary N) is 1. The van der Waals surface area contributed by atoms with Crippen molar-refractivity contribution in [2.75, 3.05) is 20.3 Å². The largest absolute Gasteiger partial charge is 0.383 e. The molecular formula is C9H17N3O. The van der Waals surface area contributed by atoms with Gasteiger partial charge in [0.05, 0.1) is 12.3 Å². The van der Waals surface area contributed by atoms with Gasteiger partial charge in [-0.15, -0.1) is 0 Å². The van der Waals surface area contributed by atoms with E-state index in [1.807, 2.05) is 16.9 Å². The minimum absolute atomic E-state index is 0.745. The van der Waals surface area contributed by atoms with Crippen molar-refractivity contribution in [3.8, 4) is 0 Å². The Bertz CT molecular complexity index is 235. The summed E-state index contributed by atoms with van der Waals surface area (Å²) in [5.41, 5.74) is 1.08. The van der Waals surface area contributed by atoms with Crippen molar-refractivity contribution < 1.29 is 4.74 Å². The molecule has 13 heavy (non-hydrogen) atoms. The molecule has 0 amide bonds. The number of hydrogen-bond acceptors (Lipinski definition) is 3. The minimum Gasteiger partial charge on any atom is -0.383 e. The molecule has 0 aliphatic heterocycles. The molecule has 0 atom stereocenters. The van der Waals surface area contributed by atoms with Gasteiger partial charge in [0.1, 0.15) is 0 Å². The fourth-order valence-electron chi connectivity index (χ4n) is 1.06. The van der Waals surface area contributed by atoms with E-state index in [-0.39, 0.29) is 0 Å². The topological polar surface area (TPSA) is 39.1 Å². The van der Waals surface area contributed by atoms with Crippen LogP contribution in [0.1, 0.15) is 12.6 Å². The predicted octanol–water partition coefficient (Wildman–Crippen LogP) is 0.639. The Labute approximate surface area is 78.9 Å². The summed E-state index contributed by atoms with van der Waals surface area (Å²) < 4.78 is 6.84. The highest BCUT2D eigenvalue weighted by molar-refractivity contribution is 4.98. The maximum Gasteiger partial charge on any atom is 0.0762 e. The SMILES string of the molecule is CCn1ccc(CNCCOC)n1. The summed E-state index contributed by atoms with van der Waals surface area (Å²) in [5, 5.41) is 7.58. The van der Waals surface area contributed by atoms with Crippen molar-refractivity contribution in [1.82, 2.24) is 15.1 Å². The molecule has 0 aliphatic rings. The minimum atomic E-state index is 0.745. The molecule has 0 aliphatic carbocycles. The fraction of sp³-hybridized carbons (Fsp3) is 0.667. The lowest BCUT2D eigenvalue weighted by atomic mass is 10.4. The third-order valence-corrected chi connectivity index (χ3v) is 1.81. The molecule has 1 aromatic rings. The molecule has 0 spiro atoms. The maximum atomic E-state index is 4.92. The molecular weight excluding hydrogens is 166 g/mol. The first-order valence-electron chi connectivity index (χ1n) is 4.58. The van der Waals surface area contributed by atoms with Crippen LogP contribution >= 0.6 is 0 Å². The van der Waals surface area contributed by atoms with Crippen LogP contribution in [0.3, 0.4) is 0 Å². The van der Waals surface area contributed by atoms with Crippen molar-refractivity contribution >= 4 is 0 Å². The first-order chi connectivity index (χ1) is 6.36. The highest BCUT2D eigenvalue weighted by Gasteiger charge is 1.95. The monoisotopic (exact) mass is 183 g/mol. The molecule has 0 bridgehead atoms. The summed E-state index contributed by atoms with van der Waals surface area (Å²) in [7, 11) is 1.70. The molecule has 0 fully saturated rings. The van der Waals surface area contributed by atoms with E-state index in [4.69, 9.17) is 4.74 Å². The molecule has 0 saturated heterocycles. The quantitative estimate of drug-likeness (QED) is 0.658. The van der Waals surface area contributed by atoms with E-state index >= 15 is 0 Å². The molecule has 1 rings (SSSR count). The Balaban J connectivity index is 2.20. The molecule has 0 radical (unpaired) electrons. The number of aromatic nitrogens is 2. The lowest BCUT2D eigenvalue weighted by Crippen LogP contribution is -2.18. The van der Waals surface area contributed by atoms with Crippen LogP contribution in [-0.4, -0.2) is 30.0 Å². The van der Waals surface area contributed by atoms with Crippen molar-refractivity contribution in [2.45, 2.75) is 20.0 Å². The summed E-state index contributed by atoms with van der Waals surface area (Å²) >= 11 is 0. The van der Waals surface area contributed by atoms with Gasteiger partial charge in [0.15, 0.2) is 0 Å². The first-order valence-corrected chi connectivity index (χ1v) is 4.58. The van der Waals surface area contributed by atoms with Crippen LogP contribution in [0.2, 0.25) is 0 Å². The van der Waals surface area contributed by atoms with Gasteiger partial charge < -0.3 is 10.1 Å². The number of nitrogens with zero attached hydrogens (tertiary/aromatic N) is 2. The summed E-state index contributed by atoms with van der Waals surface area (Å²) in [6.07, 6.45) is 1.99. The number of aryl methyl sites for hydroxylation is 1. The molecule has 74 valence electrons. The molecule has 1 N–H and O–H groups in total. The zero-order valence-corrected chi connectivity index (χ0v) is 8.29. The number of rotatable bonds is 6. The zero-order valence-electron chi connectivity index (χ0n) is 8.29. The van der Waals surface area contributed by atoms with Crippen LogP contribution < -0.4 is 5.32 Å². The Hall–Kier alpha value is -0.870. The van der Waals surface area contributed by atoms with Gasteiger partial charge in [-0.1, -0.05) is 0 Å². The van der Waals surface area contributed by atoms with Crippen molar-refractivity contribution in [3.05, 3.63) is 18.0 Å². The van der Waals surface area contributed by atoms with E-state index in [0.29, 0.717) is 0 Å². The molecule has 4 heteroatoms. The third kappa shape index (κ3) is 3.57. The van der Waals surface area contributed by atoms with E-state index in [9.17, 15) is 0 Å². The summed E-state index contributed by atoms with van der Waals surface area (Å²) in [6, 6.07) is 2.03. The standard InChI is InChI=1S/C9H17N3O/c1-3-12-6-4-9(11-12)8-10-5-7-13-2/h4,6,10H,3,5,7-8H2,1-2H3. The van der Waals surface area contributed by atoms with E-state index in [0.717, 1.165) is 31.9 Å². The smallest absolute Gasteiger partial charge is 0.0762 e. The van der Waals surface area contributed by atoms with Gasteiger partial charge in [0, 0.05) is 32.9 Å². The van der Waals surface area contributed by atoms with Gasteiger partial charge >= 0.3 is 0 Å². The Morgan fingerprint density at radius 2 is 2.46 bits per heavy atom. The second kappa shape index (κ2) is 5.72. The average molecular weight is 183 g/mol. The summed E-state index contributed by atoms with van der Waals surface area (Å²) in [5.74, 6) is 0. The highest BCUT2D eigenvalue weighted by atomic mass is 16.5. The van der Waals surface area contributed by atoms with E-state index in [2.05, 4.69) is 17.3 Å². The first kappa shape index (κ1) is 10.2. The second-order valence-electron chi connectivity index (χ2n) is 2.83. The highest BCUT2D eigenvalue weighted by Crippen LogP contribution is 1.94. The second-order valence-corrected chi connectivity index (χ2v) is 2.83. The Morgan fingerprint density at radius 1 is 1.62 bits per heavy atom. The molecule has 0 aromatic carbocycles. The molecule has 1 heterocycles. The maximum absolute atomic E-state index is 4.92. The van der Waals surface area contributed by atoms with Gasteiger partial charge in [0.25, 0.3) is 0 Å². The van der Waals surface area contributed by atoms with Gasteiger partial charge in [-0.3, -0.25) is 4.68 Å². The lowest BCUT2D eigenvalue weighted by molar-refractivity contribution is 0.199. The van der Waals surface area contributed by atoms with Crippen LogP contribution in [0, 0.1) is 0 Å². The molecule has 0 saturated carbocycles. The fourth-order valence-corrected chi connectivity index (χ4v) is 1.06.